The van der Waals surface area contributed by atoms with Gasteiger partial charge in [-0.3, -0.25) is 9.78 Å². The molecule has 2 aliphatic rings. The lowest BCUT2D eigenvalue weighted by Crippen LogP contribution is -2.44. The average molecular weight is 450 g/mol. The molecular weight excluding hydrogens is 422 g/mol. The van der Waals surface area contributed by atoms with Crippen molar-refractivity contribution < 1.29 is 14.3 Å². The maximum absolute atomic E-state index is 13.1. The van der Waals surface area contributed by atoms with Gasteiger partial charge in [-0.25, -0.2) is 0 Å². The van der Waals surface area contributed by atoms with Gasteiger partial charge in [0, 0.05) is 18.8 Å². The van der Waals surface area contributed by atoms with E-state index >= 15 is 0 Å². The zero-order valence-electron chi connectivity index (χ0n) is 18.0. The number of ether oxygens (including phenoxy) is 2. The number of thiophene rings is 1. The first-order valence-electron chi connectivity index (χ1n) is 11.2. The first-order chi connectivity index (χ1) is 15.7. The molecule has 3 aromatic rings. The molecule has 1 N–H and O–H groups in total. The third kappa shape index (κ3) is 4.95. The van der Waals surface area contributed by atoms with Crippen molar-refractivity contribution in [2.45, 2.75) is 25.3 Å². The molecular formula is C25H27N3O3S. The maximum Gasteiger partial charge on any atom is 0.261 e. The van der Waals surface area contributed by atoms with Gasteiger partial charge >= 0.3 is 0 Å². The second kappa shape index (κ2) is 9.71. The normalized spacial score (nSPS) is 16.6. The van der Waals surface area contributed by atoms with Crippen LogP contribution in [-0.2, 0) is 6.42 Å². The Bertz CT molecular complexity index is 1060. The van der Waals surface area contributed by atoms with Crippen LogP contribution in [0.5, 0.6) is 11.5 Å². The Balaban J connectivity index is 1.30. The minimum Gasteiger partial charge on any atom is -0.486 e. The summed E-state index contributed by atoms with van der Waals surface area (Å²) in [5.41, 5.74) is 2.03. The quantitative estimate of drug-likeness (QED) is 0.590. The maximum atomic E-state index is 13.1. The van der Waals surface area contributed by atoms with Crippen molar-refractivity contribution >= 4 is 17.2 Å². The van der Waals surface area contributed by atoms with Crippen LogP contribution in [0.25, 0.3) is 10.6 Å². The van der Waals surface area contributed by atoms with E-state index in [1.807, 2.05) is 42.5 Å². The fourth-order valence-corrected chi connectivity index (χ4v) is 5.19. The van der Waals surface area contributed by atoms with Crippen molar-refractivity contribution in [3.63, 3.8) is 0 Å². The molecule has 1 fully saturated rings. The second-order valence-electron chi connectivity index (χ2n) is 8.24. The summed E-state index contributed by atoms with van der Waals surface area (Å²) in [5.74, 6) is 1.55. The van der Waals surface area contributed by atoms with E-state index in [2.05, 4.69) is 21.3 Å². The molecule has 0 aliphatic carbocycles. The summed E-state index contributed by atoms with van der Waals surface area (Å²) in [6, 6.07) is 15.8. The minimum atomic E-state index is -0.0288. The standard InChI is InChI=1S/C25H27N3O3S/c29-25(24-9-8-23(32-24)20-5-1-2-10-26-20)27-19(17-28-11-3-4-12-28)15-18-6-7-21-22(16-18)31-14-13-30-21/h1-2,5-10,16,19H,3-4,11-15,17H2,(H,27,29)/t19-/m0/s1. The van der Waals surface area contributed by atoms with Crippen LogP contribution in [0.3, 0.4) is 0 Å². The molecule has 7 heteroatoms. The number of rotatable bonds is 7. The monoisotopic (exact) mass is 449 g/mol. The lowest BCUT2D eigenvalue weighted by Gasteiger charge is -2.25. The summed E-state index contributed by atoms with van der Waals surface area (Å²) in [7, 11) is 0. The van der Waals surface area contributed by atoms with Gasteiger partial charge in [-0.1, -0.05) is 12.1 Å². The number of pyridine rings is 1. The number of amides is 1. The second-order valence-corrected chi connectivity index (χ2v) is 9.32. The summed E-state index contributed by atoms with van der Waals surface area (Å²) in [5, 5.41) is 3.29. The molecule has 1 atom stereocenters. The van der Waals surface area contributed by atoms with Crippen molar-refractivity contribution in [1.82, 2.24) is 15.2 Å². The van der Waals surface area contributed by atoms with Crippen LogP contribution in [0.2, 0.25) is 0 Å². The zero-order valence-corrected chi connectivity index (χ0v) is 18.8. The average Bonchev–Trinajstić information content (AvgIpc) is 3.52. The molecule has 0 bridgehead atoms. The van der Waals surface area contributed by atoms with Crippen LogP contribution in [0.4, 0.5) is 0 Å². The molecule has 5 rings (SSSR count). The van der Waals surface area contributed by atoms with E-state index in [4.69, 9.17) is 9.47 Å². The molecule has 0 saturated carbocycles. The number of carbonyl (C=O) groups is 1. The van der Waals surface area contributed by atoms with Gasteiger partial charge in [0.1, 0.15) is 13.2 Å². The number of benzene rings is 1. The van der Waals surface area contributed by atoms with Crippen molar-refractivity contribution in [2.24, 2.45) is 0 Å². The van der Waals surface area contributed by atoms with E-state index in [0.717, 1.165) is 53.7 Å². The summed E-state index contributed by atoms with van der Waals surface area (Å²) in [4.78, 5) is 21.7. The molecule has 1 saturated heterocycles. The Morgan fingerprint density at radius 1 is 1.06 bits per heavy atom. The summed E-state index contributed by atoms with van der Waals surface area (Å²) < 4.78 is 11.4. The van der Waals surface area contributed by atoms with E-state index < -0.39 is 0 Å². The van der Waals surface area contributed by atoms with Gasteiger partial charge in [0.25, 0.3) is 5.91 Å². The molecule has 2 aliphatic heterocycles. The van der Waals surface area contributed by atoms with Gasteiger partial charge in [-0.15, -0.1) is 11.3 Å². The summed E-state index contributed by atoms with van der Waals surface area (Å²) in [6.45, 7) is 4.19. The lowest BCUT2D eigenvalue weighted by atomic mass is 10.0. The van der Waals surface area contributed by atoms with Crippen LogP contribution in [0.15, 0.2) is 54.7 Å². The zero-order chi connectivity index (χ0) is 21.8. The highest BCUT2D eigenvalue weighted by molar-refractivity contribution is 7.17. The number of nitrogens with one attached hydrogen (secondary N) is 1. The number of likely N-dealkylation sites (tertiary alicyclic amines) is 1. The van der Waals surface area contributed by atoms with Crippen LogP contribution in [0.1, 0.15) is 28.1 Å². The molecule has 0 spiro atoms. The van der Waals surface area contributed by atoms with Gasteiger partial charge < -0.3 is 19.7 Å². The molecule has 4 heterocycles. The molecule has 0 unspecified atom stereocenters. The Hall–Kier alpha value is -2.90. The number of fused-ring (bicyclic) bond motifs is 1. The van der Waals surface area contributed by atoms with Crippen molar-refractivity contribution in [3.05, 3.63) is 65.2 Å². The van der Waals surface area contributed by atoms with Gasteiger partial charge in [0.05, 0.1) is 15.4 Å². The van der Waals surface area contributed by atoms with Gasteiger partial charge in [0.15, 0.2) is 11.5 Å². The Morgan fingerprint density at radius 3 is 2.72 bits per heavy atom. The van der Waals surface area contributed by atoms with E-state index in [1.54, 1.807) is 6.20 Å². The highest BCUT2D eigenvalue weighted by Gasteiger charge is 2.22. The van der Waals surface area contributed by atoms with Crippen molar-refractivity contribution in [3.8, 4) is 22.1 Å². The highest BCUT2D eigenvalue weighted by Crippen LogP contribution is 2.31. The van der Waals surface area contributed by atoms with Crippen LogP contribution in [0, 0.1) is 0 Å². The minimum absolute atomic E-state index is 0.0172. The molecule has 1 aromatic carbocycles. The first-order valence-corrected chi connectivity index (χ1v) is 12.0. The Labute approximate surface area is 192 Å². The van der Waals surface area contributed by atoms with E-state index in [9.17, 15) is 4.79 Å². The topological polar surface area (TPSA) is 63.7 Å². The van der Waals surface area contributed by atoms with Crippen LogP contribution >= 0.6 is 11.3 Å². The van der Waals surface area contributed by atoms with Crippen molar-refractivity contribution in [1.29, 1.82) is 0 Å². The number of nitrogens with zero attached hydrogens (tertiary/aromatic N) is 2. The Morgan fingerprint density at radius 2 is 1.91 bits per heavy atom. The van der Waals surface area contributed by atoms with Gasteiger partial charge in [-0.2, -0.15) is 0 Å². The SMILES string of the molecule is O=C(N[C@@H](Cc1ccc2c(c1)OCCO2)CN1CCCC1)c1ccc(-c2ccccn2)s1. The predicted molar refractivity (Wildman–Crippen MR) is 126 cm³/mol. The van der Waals surface area contributed by atoms with Gasteiger partial charge in [-0.05, 0) is 74.3 Å². The number of hydrogen-bond donors (Lipinski definition) is 1. The molecule has 166 valence electrons. The molecule has 1 amide bonds. The van der Waals surface area contributed by atoms with Gasteiger partial charge in [0.2, 0.25) is 0 Å². The number of hydrogen-bond acceptors (Lipinski definition) is 6. The summed E-state index contributed by atoms with van der Waals surface area (Å²) in [6.07, 6.45) is 4.97. The third-order valence-corrected chi connectivity index (χ3v) is 6.95. The smallest absolute Gasteiger partial charge is 0.261 e. The first kappa shape index (κ1) is 21.0. The number of carbonyl (C=O) groups excluding carboxylic acids is 1. The highest BCUT2D eigenvalue weighted by atomic mass is 32.1. The van der Waals surface area contributed by atoms with Crippen molar-refractivity contribution in [2.75, 3.05) is 32.8 Å². The van der Waals surface area contributed by atoms with E-state index in [0.29, 0.717) is 18.1 Å². The van der Waals surface area contributed by atoms with Crippen LogP contribution < -0.4 is 14.8 Å². The lowest BCUT2D eigenvalue weighted by molar-refractivity contribution is 0.0931. The fraction of sp³-hybridized carbons (Fsp3) is 0.360. The van der Waals surface area contributed by atoms with E-state index in [1.165, 1.54) is 24.2 Å². The fourth-order valence-electron chi connectivity index (χ4n) is 4.30. The molecule has 32 heavy (non-hydrogen) atoms. The largest absolute Gasteiger partial charge is 0.486 e. The molecule has 0 radical (unpaired) electrons. The molecule has 6 nitrogen and oxygen atoms in total. The summed E-state index contributed by atoms with van der Waals surface area (Å²) >= 11 is 1.48. The molecule has 2 aromatic heterocycles. The third-order valence-electron chi connectivity index (χ3n) is 5.85. The predicted octanol–water partition coefficient (Wildman–Crippen LogP) is 4.02. The number of aromatic nitrogens is 1. The van der Waals surface area contributed by atoms with E-state index in [-0.39, 0.29) is 11.9 Å². The van der Waals surface area contributed by atoms with Crippen LogP contribution in [-0.4, -0.2) is 54.7 Å². The Kier molecular flexibility index (Phi) is 6.36.